The van der Waals surface area contributed by atoms with Crippen LogP contribution in [0.15, 0.2) is 36.4 Å². The Morgan fingerprint density at radius 1 is 1.15 bits per heavy atom. The van der Waals surface area contributed by atoms with Crippen LogP contribution < -0.4 is 9.80 Å². The van der Waals surface area contributed by atoms with E-state index in [9.17, 15) is 9.59 Å². The van der Waals surface area contributed by atoms with Crippen molar-refractivity contribution in [2.45, 2.75) is 47.3 Å². The van der Waals surface area contributed by atoms with Crippen molar-refractivity contribution in [2.24, 2.45) is 0 Å². The highest BCUT2D eigenvalue weighted by Crippen LogP contribution is 2.36. The molecule has 2 aliphatic heterocycles. The van der Waals surface area contributed by atoms with Crippen molar-refractivity contribution in [1.82, 2.24) is 14.2 Å². The predicted molar refractivity (Wildman–Crippen MR) is 160 cm³/mol. The zero-order valence-electron chi connectivity index (χ0n) is 22.2. The molecule has 210 valence electrons. The van der Waals surface area contributed by atoms with Gasteiger partial charge in [-0.25, -0.2) is 4.79 Å². The number of benzene rings is 2. The Morgan fingerprint density at radius 3 is 2.59 bits per heavy atom. The van der Waals surface area contributed by atoms with Gasteiger partial charge in [-0.05, 0) is 68.1 Å². The fraction of sp³-hybridized carbons (Fsp3) is 0.483. The summed E-state index contributed by atoms with van der Waals surface area (Å²) in [7, 11) is 0. The van der Waals surface area contributed by atoms with Crippen molar-refractivity contribution in [2.75, 3.05) is 55.6 Å². The highest BCUT2D eigenvalue weighted by atomic mass is 35.5. The molecule has 1 saturated heterocycles. The number of amides is 2. The van der Waals surface area contributed by atoms with Gasteiger partial charge in [-0.1, -0.05) is 37.2 Å². The zero-order valence-corrected chi connectivity index (χ0v) is 23.7. The number of carbonyl (C=O) groups excluding carboxylic acids is 2. The van der Waals surface area contributed by atoms with Crippen molar-refractivity contribution >= 4 is 56.7 Å². The number of hydrogen-bond acceptors (Lipinski definition) is 7. The minimum absolute atomic E-state index is 0. The molecule has 39 heavy (non-hydrogen) atoms. The first-order chi connectivity index (χ1) is 18.4. The van der Waals surface area contributed by atoms with Gasteiger partial charge in [0.2, 0.25) is 5.91 Å². The largest absolute Gasteiger partial charge is 0.425 e. The molecule has 0 saturated carbocycles. The van der Waals surface area contributed by atoms with Crippen LogP contribution in [-0.2, 0) is 22.4 Å². The van der Waals surface area contributed by atoms with Crippen molar-refractivity contribution in [1.29, 1.82) is 0 Å². The van der Waals surface area contributed by atoms with Crippen molar-refractivity contribution < 1.29 is 14.3 Å². The maximum atomic E-state index is 12.9. The highest BCUT2D eigenvalue weighted by molar-refractivity contribution is 7.13. The fourth-order valence-corrected chi connectivity index (χ4v) is 6.36. The molecule has 0 aliphatic carbocycles. The van der Waals surface area contributed by atoms with Gasteiger partial charge >= 0.3 is 6.09 Å². The molecule has 3 heterocycles. The van der Waals surface area contributed by atoms with Gasteiger partial charge in [-0.15, -0.1) is 0 Å². The second-order valence-electron chi connectivity index (χ2n) is 9.75. The maximum Gasteiger partial charge on any atom is 0.411 e. The van der Waals surface area contributed by atoms with Crippen LogP contribution in [-0.4, -0.2) is 78.2 Å². The van der Waals surface area contributed by atoms with Gasteiger partial charge in [0.05, 0.1) is 16.8 Å². The molecular formula is C29H38ClN5O3S. The molecule has 10 heteroatoms. The molecule has 5 rings (SSSR count). The molecule has 2 aliphatic rings. The minimum Gasteiger partial charge on any atom is -0.425 e. The summed E-state index contributed by atoms with van der Waals surface area (Å²) < 4.78 is 11.5. The molecule has 0 spiro atoms. The normalized spacial score (nSPS) is 16.3. The average Bonchev–Trinajstić information content (AvgIpc) is 3.48. The molecule has 1 atom stereocenters. The Balaban J connectivity index is 0.00000353. The molecule has 3 aromatic rings. The standard InChI is InChI=1S/C28H34ClN5O3S.CH4/c1-4-32(5-2)28(36)37-19(3)34-24-18-23(29)20(16-21(24)17-26(34)35)10-11-31-12-14-33(15-13-31)27-22-8-6-7-9-25(22)38-30-27;/h6-9,16,18-19H,4-5,10-15,17H2,1-3H3;1H4. The van der Waals surface area contributed by atoms with E-state index in [-0.39, 0.29) is 19.8 Å². The summed E-state index contributed by atoms with van der Waals surface area (Å²) in [6, 6.07) is 12.3. The lowest BCUT2D eigenvalue weighted by molar-refractivity contribution is -0.119. The first-order valence-corrected chi connectivity index (χ1v) is 14.4. The topological polar surface area (TPSA) is 69.2 Å². The molecule has 2 aromatic carbocycles. The van der Waals surface area contributed by atoms with E-state index < -0.39 is 12.3 Å². The van der Waals surface area contributed by atoms with Crippen LogP contribution in [0.4, 0.5) is 16.3 Å². The third-order valence-corrected chi connectivity index (χ3v) is 8.67. The summed E-state index contributed by atoms with van der Waals surface area (Å²) >= 11 is 8.26. The lowest BCUT2D eigenvalue weighted by Crippen LogP contribution is -2.47. The summed E-state index contributed by atoms with van der Waals surface area (Å²) in [5.41, 5.74) is 2.70. The minimum atomic E-state index is -0.704. The molecule has 1 aromatic heterocycles. The van der Waals surface area contributed by atoms with Crippen molar-refractivity contribution in [3.63, 3.8) is 0 Å². The lowest BCUT2D eigenvalue weighted by Gasteiger charge is -2.35. The second-order valence-corrected chi connectivity index (χ2v) is 11.0. The molecule has 8 nitrogen and oxygen atoms in total. The quantitative estimate of drug-likeness (QED) is 0.347. The number of piperazine rings is 1. The first-order valence-electron chi connectivity index (χ1n) is 13.3. The molecular weight excluding hydrogens is 534 g/mol. The van der Waals surface area contributed by atoms with E-state index in [1.807, 2.05) is 26.0 Å². The SMILES string of the molecule is C.CCN(CC)C(=O)OC(C)N1C(=O)Cc2cc(CCN3CCN(c4nsc5ccccc45)CC3)c(Cl)cc21. The van der Waals surface area contributed by atoms with Gasteiger partial charge in [0.15, 0.2) is 6.23 Å². The summed E-state index contributed by atoms with van der Waals surface area (Å²) in [5.74, 6) is 1.01. The predicted octanol–water partition coefficient (Wildman–Crippen LogP) is 5.66. The van der Waals surface area contributed by atoms with Crippen LogP contribution in [0.5, 0.6) is 0 Å². The zero-order chi connectivity index (χ0) is 26.8. The Bertz CT molecular complexity index is 1320. The van der Waals surface area contributed by atoms with Crippen molar-refractivity contribution in [3.05, 3.63) is 52.5 Å². The average molecular weight is 572 g/mol. The van der Waals surface area contributed by atoms with E-state index in [2.05, 4.69) is 34.1 Å². The van der Waals surface area contributed by atoms with E-state index in [1.165, 1.54) is 10.1 Å². The number of nitrogens with zero attached hydrogens (tertiary/aromatic N) is 5. The lowest BCUT2D eigenvalue weighted by atomic mass is 10.1. The van der Waals surface area contributed by atoms with E-state index in [0.29, 0.717) is 18.1 Å². The fourth-order valence-electron chi connectivity index (χ4n) is 5.31. The number of hydrogen-bond donors (Lipinski definition) is 0. The number of anilines is 2. The Morgan fingerprint density at radius 2 is 1.87 bits per heavy atom. The number of rotatable bonds is 8. The number of fused-ring (bicyclic) bond motifs is 2. The van der Waals surface area contributed by atoms with Gasteiger partial charge in [0.25, 0.3) is 0 Å². The smallest absolute Gasteiger partial charge is 0.411 e. The second kappa shape index (κ2) is 12.5. The molecule has 0 N–H and O–H groups in total. The maximum absolute atomic E-state index is 12.9. The van der Waals surface area contributed by atoms with Gasteiger partial charge in [0, 0.05) is 56.2 Å². The molecule has 0 bridgehead atoms. The Hall–Kier alpha value is -2.88. The van der Waals surface area contributed by atoms with Gasteiger partial charge in [-0.3, -0.25) is 14.6 Å². The van der Waals surface area contributed by atoms with E-state index >= 15 is 0 Å². The van der Waals surface area contributed by atoms with Gasteiger partial charge < -0.3 is 14.5 Å². The van der Waals surface area contributed by atoms with E-state index in [1.54, 1.807) is 28.3 Å². The van der Waals surface area contributed by atoms with Crippen LogP contribution in [0, 0.1) is 0 Å². The van der Waals surface area contributed by atoms with Gasteiger partial charge in [0.1, 0.15) is 5.82 Å². The summed E-state index contributed by atoms with van der Waals surface area (Å²) in [6.07, 6.45) is -0.0289. The van der Waals surface area contributed by atoms with Crippen LogP contribution >= 0.6 is 23.1 Å². The van der Waals surface area contributed by atoms with E-state index in [4.69, 9.17) is 20.7 Å². The summed E-state index contributed by atoms with van der Waals surface area (Å²) in [5, 5.41) is 1.87. The molecule has 0 radical (unpaired) electrons. The monoisotopic (exact) mass is 571 g/mol. The van der Waals surface area contributed by atoms with Crippen LogP contribution in [0.1, 0.15) is 39.3 Å². The van der Waals surface area contributed by atoms with Crippen LogP contribution in [0.3, 0.4) is 0 Å². The van der Waals surface area contributed by atoms with Gasteiger partial charge in [-0.2, -0.15) is 4.37 Å². The number of halogens is 1. The summed E-state index contributed by atoms with van der Waals surface area (Å²) in [6.45, 7) is 11.4. The summed E-state index contributed by atoms with van der Waals surface area (Å²) in [4.78, 5) is 33.3. The van der Waals surface area contributed by atoms with E-state index in [0.717, 1.165) is 61.8 Å². The molecule has 2 amide bonds. The number of aromatic nitrogens is 1. The molecule has 1 unspecified atom stereocenters. The third kappa shape index (κ3) is 6.00. The highest BCUT2D eigenvalue weighted by Gasteiger charge is 2.34. The molecule has 1 fully saturated rings. The first kappa shape index (κ1) is 29.1. The Kier molecular flexibility index (Phi) is 9.35. The van der Waals surface area contributed by atoms with Crippen LogP contribution in [0.2, 0.25) is 5.02 Å². The number of ether oxygens (including phenoxy) is 1. The van der Waals surface area contributed by atoms with Crippen LogP contribution in [0.25, 0.3) is 10.1 Å². The Labute approximate surface area is 240 Å². The number of carbonyl (C=O) groups is 2. The van der Waals surface area contributed by atoms with Crippen molar-refractivity contribution in [3.8, 4) is 0 Å². The third-order valence-electron chi connectivity index (χ3n) is 7.50.